The number of carbonyl (C=O) groups is 2. The molecule has 116 valence electrons. The fourth-order valence-electron chi connectivity index (χ4n) is 3.13. The summed E-state index contributed by atoms with van der Waals surface area (Å²) in [5, 5.41) is 10.8. The van der Waals surface area contributed by atoms with E-state index in [0.29, 0.717) is 6.42 Å². The van der Waals surface area contributed by atoms with Crippen molar-refractivity contribution in [3.05, 3.63) is 75.4 Å². The first-order chi connectivity index (χ1) is 11.0. The van der Waals surface area contributed by atoms with Gasteiger partial charge in [-0.05, 0) is 61.1 Å². The monoisotopic (exact) mass is 305 g/mol. The molecule has 0 aliphatic heterocycles. The summed E-state index contributed by atoms with van der Waals surface area (Å²) in [6.07, 6.45) is 3.41. The van der Waals surface area contributed by atoms with Crippen molar-refractivity contribution >= 4 is 17.8 Å². The van der Waals surface area contributed by atoms with Crippen molar-refractivity contribution in [3.8, 4) is 0 Å². The van der Waals surface area contributed by atoms with Crippen LogP contribution in [0.3, 0.4) is 0 Å². The fraction of sp³-hybridized carbons (Fsp3) is 0.200. The molecule has 0 saturated heterocycles. The molecule has 0 radical (unpaired) electrons. The number of fused-ring (bicyclic) bond motifs is 1. The summed E-state index contributed by atoms with van der Waals surface area (Å²) in [5.74, 6) is -1.13. The second-order valence-electron chi connectivity index (χ2n) is 6.02. The third kappa shape index (κ3) is 2.95. The largest absolute Gasteiger partial charge is 0.545 e. The summed E-state index contributed by atoms with van der Waals surface area (Å²) >= 11 is 0. The van der Waals surface area contributed by atoms with Crippen LogP contribution in [0.1, 0.15) is 49.4 Å². The van der Waals surface area contributed by atoms with Crippen LogP contribution in [0.2, 0.25) is 0 Å². The van der Waals surface area contributed by atoms with Crippen molar-refractivity contribution in [3.63, 3.8) is 0 Å². The van der Waals surface area contributed by atoms with Crippen molar-refractivity contribution in [2.45, 2.75) is 26.7 Å². The molecule has 1 aliphatic rings. The summed E-state index contributed by atoms with van der Waals surface area (Å²) in [6, 6.07) is 10.5. The third-order valence-electron chi connectivity index (χ3n) is 4.29. The molecule has 0 aromatic heterocycles. The van der Waals surface area contributed by atoms with E-state index in [0.717, 1.165) is 34.2 Å². The molecule has 0 atom stereocenters. The molecule has 0 fully saturated rings. The second kappa shape index (κ2) is 5.84. The molecule has 0 spiro atoms. The Hall–Kier alpha value is -2.68. The van der Waals surface area contributed by atoms with Crippen molar-refractivity contribution < 1.29 is 14.7 Å². The van der Waals surface area contributed by atoms with Gasteiger partial charge in [0.15, 0.2) is 5.78 Å². The highest BCUT2D eigenvalue weighted by Gasteiger charge is 2.23. The molecule has 0 unspecified atom stereocenters. The number of carboxylic acids is 1. The minimum atomic E-state index is -1.20. The van der Waals surface area contributed by atoms with Crippen LogP contribution in [-0.2, 0) is 6.42 Å². The predicted molar refractivity (Wildman–Crippen MR) is 87.3 cm³/mol. The van der Waals surface area contributed by atoms with Gasteiger partial charge in [-0.3, -0.25) is 4.79 Å². The minimum absolute atomic E-state index is 0.0713. The van der Waals surface area contributed by atoms with Crippen LogP contribution in [0.25, 0.3) is 6.08 Å². The zero-order valence-corrected chi connectivity index (χ0v) is 13.2. The molecule has 3 rings (SSSR count). The van der Waals surface area contributed by atoms with E-state index >= 15 is 0 Å². The average Bonchev–Trinajstić information content (AvgIpc) is 2.51. The van der Waals surface area contributed by atoms with Crippen molar-refractivity contribution in [1.29, 1.82) is 0 Å². The Morgan fingerprint density at radius 1 is 1.09 bits per heavy atom. The number of benzene rings is 2. The highest BCUT2D eigenvalue weighted by atomic mass is 16.4. The first-order valence-corrected chi connectivity index (χ1v) is 7.62. The normalized spacial score (nSPS) is 15.6. The van der Waals surface area contributed by atoms with E-state index < -0.39 is 5.97 Å². The topological polar surface area (TPSA) is 57.2 Å². The van der Waals surface area contributed by atoms with Crippen LogP contribution < -0.4 is 5.11 Å². The Morgan fingerprint density at radius 3 is 2.43 bits per heavy atom. The van der Waals surface area contributed by atoms with Crippen molar-refractivity contribution in [1.82, 2.24) is 0 Å². The van der Waals surface area contributed by atoms with E-state index in [-0.39, 0.29) is 11.3 Å². The number of hydrogen-bond acceptors (Lipinski definition) is 3. The number of allylic oxidation sites excluding steroid dienone is 1. The molecule has 1 aliphatic carbocycles. The van der Waals surface area contributed by atoms with Crippen molar-refractivity contribution in [2.75, 3.05) is 0 Å². The zero-order chi connectivity index (χ0) is 16.6. The Morgan fingerprint density at radius 2 is 1.78 bits per heavy atom. The third-order valence-corrected chi connectivity index (χ3v) is 4.29. The molecule has 0 heterocycles. The summed E-state index contributed by atoms with van der Waals surface area (Å²) in [6.45, 7) is 4.05. The van der Waals surface area contributed by atoms with Gasteiger partial charge in [-0.15, -0.1) is 0 Å². The maximum absolute atomic E-state index is 12.7. The quantitative estimate of drug-likeness (QED) is 0.802. The maximum atomic E-state index is 12.7. The molecule has 2 aromatic rings. The van der Waals surface area contributed by atoms with E-state index in [9.17, 15) is 14.7 Å². The number of carbonyl (C=O) groups excluding carboxylic acids is 2. The molecule has 2 aromatic carbocycles. The van der Waals surface area contributed by atoms with Gasteiger partial charge in [0.05, 0.1) is 5.97 Å². The molecular formula is C20H17O3-. The Labute approximate surface area is 135 Å². The average molecular weight is 305 g/mol. The van der Waals surface area contributed by atoms with Crippen LogP contribution >= 0.6 is 0 Å². The van der Waals surface area contributed by atoms with Gasteiger partial charge in [-0.25, -0.2) is 0 Å². The van der Waals surface area contributed by atoms with Gasteiger partial charge in [-0.2, -0.15) is 0 Å². The second-order valence-corrected chi connectivity index (χ2v) is 6.02. The number of aryl methyl sites for hydroxylation is 2. The number of hydrogen-bond donors (Lipinski definition) is 0. The Bertz CT molecular complexity index is 827. The lowest BCUT2D eigenvalue weighted by Gasteiger charge is -2.20. The zero-order valence-electron chi connectivity index (χ0n) is 13.2. The summed E-state index contributed by atoms with van der Waals surface area (Å²) < 4.78 is 0. The summed E-state index contributed by atoms with van der Waals surface area (Å²) in [7, 11) is 0. The highest BCUT2D eigenvalue weighted by molar-refractivity contribution is 6.13. The van der Waals surface area contributed by atoms with Gasteiger partial charge >= 0.3 is 0 Å². The van der Waals surface area contributed by atoms with E-state index in [4.69, 9.17) is 0 Å². The number of Topliss-reactive ketones (excluding diaryl/α,β-unsaturated/α-hetero) is 1. The van der Waals surface area contributed by atoms with Crippen LogP contribution in [0.4, 0.5) is 0 Å². The van der Waals surface area contributed by atoms with Crippen LogP contribution in [-0.4, -0.2) is 11.8 Å². The minimum Gasteiger partial charge on any atom is -0.545 e. The molecular weight excluding hydrogens is 288 g/mol. The molecule has 3 heteroatoms. The van der Waals surface area contributed by atoms with Crippen molar-refractivity contribution in [2.24, 2.45) is 0 Å². The lowest BCUT2D eigenvalue weighted by atomic mass is 9.83. The van der Waals surface area contributed by atoms with E-state index in [1.165, 1.54) is 17.7 Å². The summed E-state index contributed by atoms with van der Waals surface area (Å²) in [4.78, 5) is 23.5. The standard InChI is InChI=1S/C20H18O3/c1-12-9-13(2)17-8-7-16(19(21)18(17)10-12)11-14-3-5-15(6-4-14)20(22)23/h3-6,9-11H,7-8H2,1-2H3,(H,22,23)/p-1/b16-11+. The van der Waals surface area contributed by atoms with Gasteiger partial charge < -0.3 is 9.90 Å². The number of rotatable bonds is 2. The van der Waals surface area contributed by atoms with Gasteiger partial charge in [-0.1, -0.05) is 35.9 Å². The highest BCUT2D eigenvalue weighted by Crippen LogP contribution is 2.29. The molecule has 0 amide bonds. The maximum Gasteiger partial charge on any atom is 0.189 e. The Balaban J connectivity index is 1.95. The number of ketones is 1. The Kier molecular flexibility index (Phi) is 3.87. The van der Waals surface area contributed by atoms with E-state index in [1.807, 2.05) is 26.0 Å². The first kappa shape index (κ1) is 15.2. The lowest BCUT2D eigenvalue weighted by Crippen LogP contribution is -2.21. The van der Waals surface area contributed by atoms with Crippen LogP contribution in [0, 0.1) is 13.8 Å². The first-order valence-electron chi connectivity index (χ1n) is 7.62. The molecule has 0 saturated carbocycles. The van der Waals surface area contributed by atoms with Gasteiger partial charge in [0.1, 0.15) is 0 Å². The fourth-order valence-corrected chi connectivity index (χ4v) is 3.13. The van der Waals surface area contributed by atoms with Crippen LogP contribution in [0.5, 0.6) is 0 Å². The van der Waals surface area contributed by atoms with Gasteiger partial charge in [0.25, 0.3) is 0 Å². The molecule has 23 heavy (non-hydrogen) atoms. The smallest absolute Gasteiger partial charge is 0.189 e. The molecule has 0 N–H and O–H groups in total. The number of carboxylic acid groups (broad SMARTS) is 1. The molecule has 0 bridgehead atoms. The van der Waals surface area contributed by atoms with Gasteiger partial charge in [0, 0.05) is 11.1 Å². The summed E-state index contributed by atoms with van der Waals surface area (Å²) in [5.41, 5.74) is 5.94. The lowest BCUT2D eigenvalue weighted by molar-refractivity contribution is -0.255. The SMILES string of the molecule is Cc1cc(C)c2c(c1)C(=O)/C(=C/c1ccc(C(=O)[O-])cc1)CC2. The van der Waals surface area contributed by atoms with Crippen LogP contribution in [0.15, 0.2) is 42.0 Å². The van der Waals surface area contributed by atoms with E-state index in [2.05, 4.69) is 6.07 Å². The number of aromatic carboxylic acids is 1. The predicted octanol–water partition coefficient (Wildman–Crippen LogP) is 2.88. The molecule has 3 nitrogen and oxygen atoms in total. The van der Waals surface area contributed by atoms with E-state index in [1.54, 1.807) is 12.1 Å². The van der Waals surface area contributed by atoms with Gasteiger partial charge in [0.2, 0.25) is 0 Å².